The summed E-state index contributed by atoms with van der Waals surface area (Å²) in [7, 11) is 0. The van der Waals surface area contributed by atoms with Gasteiger partial charge in [-0.25, -0.2) is 4.98 Å². The Kier molecular flexibility index (Phi) is 6.27. The van der Waals surface area contributed by atoms with E-state index in [2.05, 4.69) is 17.2 Å². The van der Waals surface area contributed by atoms with Gasteiger partial charge in [-0.3, -0.25) is 4.79 Å². The van der Waals surface area contributed by atoms with E-state index < -0.39 is 11.7 Å². The first kappa shape index (κ1) is 23.4. The number of fused-ring (bicyclic) bond motifs is 1. The van der Waals surface area contributed by atoms with Crippen LogP contribution in [0.2, 0.25) is 0 Å². The number of rotatable bonds is 6. The van der Waals surface area contributed by atoms with E-state index in [0.29, 0.717) is 24.6 Å². The number of nitrogens with one attached hydrogen (secondary N) is 1. The van der Waals surface area contributed by atoms with Gasteiger partial charge in [0, 0.05) is 42.5 Å². The molecule has 5 rings (SSSR count). The van der Waals surface area contributed by atoms with Crippen LogP contribution in [-0.2, 0) is 12.6 Å². The Morgan fingerprint density at radius 3 is 2.69 bits per heavy atom. The Morgan fingerprint density at radius 1 is 1.20 bits per heavy atom. The molecule has 0 aliphatic carbocycles. The molecule has 3 aromatic heterocycles. The minimum absolute atomic E-state index is 0.0263. The quantitative estimate of drug-likeness (QED) is 0.337. The second-order valence-electron chi connectivity index (χ2n) is 8.61. The van der Waals surface area contributed by atoms with Gasteiger partial charge in [-0.15, -0.1) is 11.3 Å². The van der Waals surface area contributed by atoms with Crippen molar-refractivity contribution in [3.8, 4) is 11.1 Å². The molecular formula is C26H25F3N4OS. The number of amides is 1. The van der Waals surface area contributed by atoms with Gasteiger partial charge in [0.25, 0.3) is 5.91 Å². The molecule has 1 aromatic carbocycles. The predicted octanol–water partition coefficient (Wildman–Crippen LogP) is 6.36. The van der Waals surface area contributed by atoms with Gasteiger partial charge in [-0.2, -0.15) is 13.2 Å². The van der Waals surface area contributed by atoms with Gasteiger partial charge in [0.15, 0.2) is 0 Å². The van der Waals surface area contributed by atoms with Crippen LogP contribution in [0.1, 0.15) is 41.4 Å². The number of anilines is 1. The molecule has 1 N–H and O–H groups in total. The molecule has 0 bridgehead atoms. The lowest BCUT2D eigenvalue weighted by Crippen LogP contribution is -2.40. The van der Waals surface area contributed by atoms with Gasteiger partial charge in [0.1, 0.15) is 16.3 Å². The average molecular weight is 499 g/mol. The summed E-state index contributed by atoms with van der Waals surface area (Å²) in [5.41, 5.74) is 3.05. The van der Waals surface area contributed by atoms with E-state index in [9.17, 15) is 18.0 Å². The molecule has 1 fully saturated rings. The highest BCUT2D eigenvalue weighted by Gasteiger charge is 2.34. The third kappa shape index (κ3) is 4.40. The van der Waals surface area contributed by atoms with E-state index in [-0.39, 0.29) is 11.9 Å². The monoisotopic (exact) mass is 498 g/mol. The number of carbonyl (C=O) groups is 1. The summed E-state index contributed by atoms with van der Waals surface area (Å²) < 4.78 is 40.5. The Morgan fingerprint density at radius 2 is 2.00 bits per heavy atom. The lowest BCUT2D eigenvalue weighted by atomic mass is 9.99. The fourth-order valence-corrected chi connectivity index (χ4v) is 5.80. The summed E-state index contributed by atoms with van der Waals surface area (Å²) in [6.45, 7) is 3.16. The number of hydrogen-bond acceptors (Lipinski definition) is 4. The number of benzene rings is 1. The summed E-state index contributed by atoms with van der Waals surface area (Å²) >= 11 is 1.63. The van der Waals surface area contributed by atoms with Crippen molar-refractivity contribution in [2.45, 2.75) is 38.4 Å². The molecule has 5 nitrogen and oxygen atoms in total. The van der Waals surface area contributed by atoms with Crippen LogP contribution in [0, 0.1) is 0 Å². The maximum absolute atomic E-state index is 14.0. The lowest BCUT2D eigenvalue weighted by Gasteiger charge is -2.26. The maximum Gasteiger partial charge on any atom is 0.417 e. The number of pyridine rings is 1. The Labute approximate surface area is 205 Å². The van der Waals surface area contributed by atoms with Gasteiger partial charge >= 0.3 is 6.18 Å². The largest absolute Gasteiger partial charge is 0.417 e. The number of aromatic nitrogens is 2. The van der Waals surface area contributed by atoms with Crippen LogP contribution in [0.3, 0.4) is 0 Å². The highest BCUT2D eigenvalue weighted by Crippen LogP contribution is 2.37. The van der Waals surface area contributed by atoms with Crippen molar-refractivity contribution in [3.05, 3.63) is 77.1 Å². The first-order valence-corrected chi connectivity index (χ1v) is 12.5. The molecule has 1 aliphatic heterocycles. The number of likely N-dealkylation sites (tertiary alicyclic amines) is 1. The van der Waals surface area contributed by atoms with Crippen molar-refractivity contribution >= 4 is 27.9 Å². The topological polar surface area (TPSA) is 49.6 Å². The Hall–Kier alpha value is -3.33. The summed E-state index contributed by atoms with van der Waals surface area (Å²) in [4.78, 5) is 20.9. The molecular weight excluding hydrogens is 473 g/mol. The number of alkyl halides is 3. The summed E-state index contributed by atoms with van der Waals surface area (Å²) in [6, 6.07) is 12.3. The number of hydrogen-bond donors (Lipinski definition) is 1. The second kappa shape index (κ2) is 9.37. The molecule has 182 valence electrons. The van der Waals surface area contributed by atoms with E-state index in [1.165, 1.54) is 6.07 Å². The normalized spacial score (nSPS) is 16.2. The van der Waals surface area contributed by atoms with Crippen LogP contribution in [0.4, 0.5) is 19.0 Å². The van der Waals surface area contributed by atoms with Crippen molar-refractivity contribution < 1.29 is 18.0 Å². The van der Waals surface area contributed by atoms with Crippen LogP contribution < -0.4 is 5.32 Å². The minimum Gasteiger partial charge on any atom is -0.368 e. The van der Waals surface area contributed by atoms with Gasteiger partial charge in [-0.05, 0) is 42.5 Å². The number of carbonyl (C=O) groups excluding carboxylic acids is 1. The van der Waals surface area contributed by atoms with Crippen LogP contribution in [-0.4, -0.2) is 39.3 Å². The molecule has 1 aliphatic rings. The van der Waals surface area contributed by atoms with E-state index in [1.807, 2.05) is 51.2 Å². The molecule has 4 heterocycles. The van der Waals surface area contributed by atoms with Gasteiger partial charge < -0.3 is 14.6 Å². The molecule has 0 unspecified atom stereocenters. The van der Waals surface area contributed by atoms with E-state index in [4.69, 9.17) is 0 Å². The molecule has 1 amide bonds. The van der Waals surface area contributed by atoms with Crippen molar-refractivity contribution in [1.82, 2.24) is 14.3 Å². The first-order chi connectivity index (χ1) is 16.9. The number of thiazole rings is 1. The Bertz CT molecular complexity index is 1330. The molecule has 0 spiro atoms. The molecule has 4 aromatic rings. The third-order valence-corrected chi connectivity index (χ3v) is 7.44. The van der Waals surface area contributed by atoms with Crippen molar-refractivity contribution in [1.29, 1.82) is 0 Å². The van der Waals surface area contributed by atoms with Gasteiger partial charge in [-0.1, -0.05) is 37.3 Å². The van der Waals surface area contributed by atoms with Crippen molar-refractivity contribution in [3.63, 3.8) is 0 Å². The number of aryl methyl sites for hydroxylation is 1. The fraction of sp³-hybridized carbons (Fsp3) is 0.308. The van der Waals surface area contributed by atoms with Crippen LogP contribution in [0.5, 0.6) is 0 Å². The van der Waals surface area contributed by atoms with Crippen LogP contribution in [0.25, 0.3) is 16.0 Å². The molecule has 1 atom stereocenters. The van der Waals surface area contributed by atoms with E-state index >= 15 is 0 Å². The molecule has 35 heavy (non-hydrogen) atoms. The summed E-state index contributed by atoms with van der Waals surface area (Å²) in [5, 5.41) is 5.12. The van der Waals surface area contributed by atoms with Crippen LogP contribution in [0.15, 0.2) is 60.2 Å². The fourth-order valence-electron chi connectivity index (χ4n) is 4.84. The summed E-state index contributed by atoms with van der Waals surface area (Å²) in [6.07, 6.45) is 0.863. The second-order valence-corrected chi connectivity index (χ2v) is 9.50. The molecule has 9 heteroatoms. The minimum atomic E-state index is -4.42. The SMILES string of the molecule is CCc1c(-c2ccccc2)c(C(=O)N2CCC[C@H]2CNc2ccc(C(F)(F)F)cn2)n2ccsc12. The lowest BCUT2D eigenvalue weighted by molar-refractivity contribution is -0.137. The van der Waals surface area contributed by atoms with Crippen molar-refractivity contribution in [2.24, 2.45) is 0 Å². The van der Waals surface area contributed by atoms with Crippen LogP contribution >= 0.6 is 11.3 Å². The molecule has 0 radical (unpaired) electrons. The zero-order chi connectivity index (χ0) is 24.6. The zero-order valence-corrected chi connectivity index (χ0v) is 20.0. The highest BCUT2D eigenvalue weighted by atomic mass is 32.1. The number of halogens is 3. The third-order valence-electron chi connectivity index (χ3n) is 6.51. The zero-order valence-electron chi connectivity index (χ0n) is 19.2. The highest BCUT2D eigenvalue weighted by molar-refractivity contribution is 7.15. The Balaban J connectivity index is 1.42. The summed E-state index contributed by atoms with van der Waals surface area (Å²) in [5.74, 6) is 0.333. The van der Waals surface area contributed by atoms with Crippen molar-refractivity contribution in [2.75, 3.05) is 18.4 Å². The van der Waals surface area contributed by atoms with Gasteiger partial charge in [0.05, 0.1) is 5.56 Å². The van der Waals surface area contributed by atoms with E-state index in [1.54, 1.807) is 11.3 Å². The standard InChI is InChI=1S/C26H25F3N4OS/c1-2-20-22(17-7-4-3-5-8-17)23(33-13-14-35-25(20)33)24(34)32-12-6-9-19(32)16-31-21-11-10-18(15-30-21)26(27,28)29/h3-5,7-8,10-11,13-15,19H,2,6,9,12,16H2,1H3,(H,30,31)/t19-/m0/s1. The smallest absolute Gasteiger partial charge is 0.368 e. The molecule has 1 saturated heterocycles. The predicted molar refractivity (Wildman–Crippen MR) is 132 cm³/mol. The number of nitrogens with zero attached hydrogens (tertiary/aromatic N) is 3. The first-order valence-electron chi connectivity index (χ1n) is 11.6. The van der Waals surface area contributed by atoms with E-state index in [0.717, 1.165) is 53.0 Å². The molecule has 0 saturated carbocycles. The maximum atomic E-state index is 14.0. The average Bonchev–Trinajstić information content (AvgIpc) is 3.58. The van der Waals surface area contributed by atoms with Gasteiger partial charge in [0.2, 0.25) is 0 Å².